The van der Waals surface area contributed by atoms with Crippen molar-refractivity contribution in [2.45, 2.75) is 12.8 Å². The summed E-state index contributed by atoms with van der Waals surface area (Å²) in [5, 5.41) is 8.94. The highest BCUT2D eigenvalue weighted by Crippen LogP contribution is 2.31. The molecule has 0 amide bonds. The molecule has 1 N–H and O–H groups in total. The van der Waals surface area contributed by atoms with Gasteiger partial charge in [-0.1, -0.05) is 23.2 Å². The SMILES string of the molecule is COc1cc(Cl)c(C(=O)CCC(=O)O)cc1Cl. The zero-order chi connectivity index (χ0) is 13.0. The van der Waals surface area contributed by atoms with Gasteiger partial charge in [0.2, 0.25) is 0 Å². The molecule has 0 saturated carbocycles. The van der Waals surface area contributed by atoms with Crippen molar-refractivity contribution in [1.82, 2.24) is 0 Å². The number of benzene rings is 1. The summed E-state index contributed by atoms with van der Waals surface area (Å²) < 4.78 is 4.94. The fraction of sp³-hybridized carbons (Fsp3) is 0.273. The normalized spacial score (nSPS) is 10.1. The molecule has 1 aromatic carbocycles. The Labute approximate surface area is 108 Å². The molecule has 4 nitrogen and oxygen atoms in total. The van der Waals surface area contributed by atoms with E-state index in [0.29, 0.717) is 5.75 Å². The van der Waals surface area contributed by atoms with E-state index in [1.807, 2.05) is 0 Å². The Morgan fingerprint density at radius 2 is 1.88 bits per heavy atom. The van der Waals surface area contributed by atoms with Gasteiger partial charge in [-0.2, -0.15) is 0 Å². The molecular weight excluding hydrogens is 267 g/mol. The molecule has 0 fully saturated rings. The van der Waals surface area contributed by atoms with Crippen LogP contribution in [0.1, 0.15) is 23.2 Å². The Kier molecular flexibility index (Phi) is 4.78. The molecule has 0 radical (unpaired) electrons. The molecule has 0 unspecified atom stereocenters. The lowest BCUT2D eigenvalue weighted by atomic mass is 10.1. The van der Waals surface area contributed by atoms with E-state index in [2.05, 4.69) is 0 Å². The van der Waals surface area contributed by atoms with Gasteiger partial charge in [0.25, 0.3) is 0 Å². The van der Waals surface area contributed by atoms with Gasteiger partial charge in [-0.3, -0.25) is 9.59 Å². The summed E-state index contributed by atoms with van der Waals surface area (Å²) in [5.74, 6) is -1.03. The lowest BCUT2D eigenvalue weighted by Crippen LogP contribution is -2.04. The predicted molar refractivity (Wildman–Crippen MR) is 64.2 cm³/mol. The summed E-state index contributed by atoms with van der Waals surface area (Å²) in [7, 11) is 1.43. The number of hydrogen-bond donors (Lipinski definition) is 1. The standard InChI is InChI=1S/C11H10Cl2O4/c1-17-10-5-7(12)6(4-8(10)13)9(14)2-3-11(15)16/h4-5H,2-3H2,1H3,(H,15,16). The van der Waals surface area contributed by atoms with Gasteiger partial charge in [-0.05, 0) is 6.07 Å². The summed E-state index contributed by atoms with van der Waals surface area (Å²) in [4.78, 5) is 22.0. The molecule has 0 aromatic heterocycles. The second kappa shape index (κ2) is 5.89. The summed E-state index contributed by atoms with van der Waals surface area (Å²) >= 11 is 11.7. The molecule has 0 aliphatic carbocycles. The first kappa shape index (κ1) is 13.8. The first-order valence-electron chi connectivity index (χ1n) is 4.73. The number of carboxylic acids is 1. The highest BCUT2D eigenvalue weighted by Gasteiger charge is 2.15. The van der Waals surface area contributed by atoms with Crippen molar-refractivity contribution in [2.75, 3.05) is 7.11 Å². The minimum atomic E-state index is -1.03. The fourth-order valence-corrected chi connectivity index (χ4v) is 1.75. The first-order chi connectivity index (χ1) is 7.95. The van der Waals surface area contributed by atoms with Gasteiger partial charge in [0.1, 0.15) is 5.75 Å². The van der Waals surface area contributed by atoms with Crippen LogP contribution in [0.5, 0.6) is 5.75 Å². The summed E-state index contributed by atoms with van der Waals surface area (Å²) in [5.41, 5.74) is 0.207. The molecule has 1 aromatic rings. The third-order valence-corrected chi connectivity index (χ3v) is 2.72. The molecule has 0 spiro atoms. The number of halogens is 2. The van der Waals surface area contributed by atoms with Crippen LogP contribution < -0.4 is 4.74 Å². The maximum Gasteiger partial charge on any atom is 0.303 e. The second-order valence-electron chi connectivity index (χ2n) is 3.28. The number of carboxylic acid groups (broad SMARTS) is 1. The fourth-order valence-electron chi connectivity index (χ4n) is 1.25. The Balaban J connectivity index is 2.94. The number of carbonyl (C=O) groups is 2. The number of ether oxygens (including phenoxy) is 1. The maximum absolute atomic E-state index is 11.7. The monoisotopic (exact) mass is 276 g/mol. The van der Waals surface area contributed by atoms with Gasteiger partial charge >= 0.3 is 5.97 Å². The minimum Gasteiger partial charge on any atom is -0.495 e. The van der Waals surface area contributed by atoms with Crippen molar-refractivity contribution < 1.29 is 19.4 Å². The number of aliphatic carboxylic acids is 1. The van der Waals surface area contributed by atoms with Gasteiger partial charge in [-0.15, -0.1) is 0 Å². The third-order valence-electron chi connectivity index (χ3n) is 2.11. The quantitative estimate of drug-likeness (QED) is 0.840. The van der Waals surface area contributed by atoms with E-state index in [1.54, 1.807) is 0 Å². The maximum atomic E-state index is 11.7. The van der Waals surface area contributed by atoms with Crippen LogP contribution in [0.3, 0.4) is 0 Å². The molecule has 17 heavy (non-hydrogen) atoms. The van der Waals surface area contributed by atoms with Crippen LogP contribution in [0, 0.1) is 0 Å². The highest BCUT2D eigenvalue weighted by molar-refractivity contribution is 6.36. The zero-order valence-electron chi connectivity index (χ0n) is 9.00. The highest BCUT2D eigenvalue weighted by atomic mass is 35.5. The van der Waals surface area contributed by atoms with Gasteiger partial charge in [-0.25, -0.2) is 0 Å². The van der Waals surface area contributed by atoms with Gasteiger partial charge in [0.15, 0.2) is 5.78 Å². The van der Waals surface area contributed by atoms with Crippen LogP contribution in [0.15, 0.2) is 12.1 Å². The lowest BCUT2D eigenvalue weighted by Gasteiger charge is -2.07. The molecule has 0 saturated heterocycles. The van der Waals surface area contributed by atoms with E-state index in [-0.39, 0.29) is 34.2 Å². The number of carbonyl (C=O) groups excluding carboxylic acids is 1. The van der Waals surface area contributed by atoms with Crippen molar-refractivity contribution in [3.8, 4) is 5.75 Å². The topological polar surface area (TPSA) is 63.6 Å². The van der Waals surface area contributed by atoms with E-state index in [0.717, 1.165) is 0 Å². The van der Waals surface area contributed by atoms with Gasteiger partial charge in [0, 0.05) is 18.1 Å². The largest absolute Gasteiger partial charge is 0.495 e. The van der Waals surface area contributed by atoms with Crippen molar-refractivity contribution in [3.63, 3.8) is 0 Å². The Morgan fingerprint density at radius 3 is 2.41 bits per heavy atom. The summed E-state index contributed by atoms with van der Waals surface area (Å²) in [6.07, 6.45) is -0.351. The third kappa shape index (κ3) is 3.61. The minimum absolute atomic E-state index is 0.113. The van der Waals surface area contributed by atoms with E-state index in [4.69, 9.17) is 33.0 Å². The molecular formula is C11H10Cl2O4. The van der Waals surface area contributed by atoms with Crippen molar-refractivity contribution in [3.05, 3.63) is 27.7 Å². The van der Waals surface area contributed by atoms with Gasteiger partial charge < -0.3 is 9.84 Å². The van der Waals surface area contributed by atoms with E-state index in [1.165, 1.54) is 19.2 Å². The number of Topliss-reactive ketones (excluding diaryl/α,β-unsaturated/α-hetero) is 1. The van der Waals surface area contributed by atoms with Crippen LogP contribution >= 0.6 is 23.2 Å². The van der Waals surface area contributed by atoms with E-state index < -0.39 is 5.97 Å². The van der Waals surface area contributed by atoms with Crippen LogP contribution in [0.25, 0.3) is 0 Å². The van der Waals surface area contributed by atoms with Crippen molar-refractivity contribution in [1.29, 1.82) is 0 Å². The Morgan fingerprint density at radius 1 is 1.24 bits per heavy atom. The van der Waals surface area contributed by atoms with Crippen LogP contribution in [0.4, 0.5) is 0 Å². The lowest BCUT2D eigenvalue weighted by molar-refractivity contribution is -0.136. The average molecular weight is 277 g/mol. The molecule has 92 valence electrons. The molecule has 0 aliphatic heterocycles. The average Bonchev–Trinajstić information content (AvgIpc) is 2.28. The molecule has 0 bridgehead atoms. The van der Waals surface area contributed by atoms with Crippen LogP contribution in [-0.4, -0.2) is 24.0 Å². The number of methoxy groups -OCH3 is 1. The molecule has 0 heterocycles. The molecule has 0 aliphatic rings. The number of ketones is 1. The van der Waals surface area contributed by atoms with Crippen LogP contribution in [-0.2, 0) is 4.79 Å². The Bertz CT molecular complexity index is 457. The van der Waals surface area contributed by atoms with Crippen molar-refractivity contribution >= 4 is 35.0 Å². The molecule has 0 atom stereocenters. The first-order valence-corrected chi connectivity index (χ1v) is 5.49. The number of hydrogen-bond acceptors (Lipinski definition) is 3. The van der Waals surface area contributed by atoms with E-state index >= 15 is 0 Å². The Hall–Kier alpha value is -1.26. The number of rotatable bonds is 5. The summed E-state index contributed by atoms with van der Waals surface area (Å²) in [6.45, 7) is 0. The second-order valence-corrected chi connectivity index (χ2v) is 4.10. The van der Waals surface area contributed by atoms with E-state index in [9.17, 15) is 9.59 Å². The van der Waals surface area contributed by atoms with Gasteiger partial charge in [0.05, 0.1) is 23.6 Å². The zero-order valence-corrected chi connectivity index (χ0v) is 10.5. The molecule has 1 rings (SSSR count). The summed E-state index contributed by atoms with van der Waals surface area (Å²) in [6, 6.07) is 2.81. The predicted octanol–water partition coefficient (Wildman–Crippen LogP) is 3.05. The van der Waals surface area contributed by atoms with Crippen molar-refractivity contribution in [2.24, 2.45) is 0 Å². The smallest absolute Gasteiger partial charge is 0.303 e. The molecule has 6 heteroatoms. The van der Waals surface area contributed by atoms with Crippen LogP contribution in [0.2, 0.25) is 10.0 Å².